The van der Waals surface area contributed by atoms with Gasteiger partial charge in [-0.15, -0.1) is 6.58 Å². The van der Waals surface area contributed by atoms with E-state index >= 15 is 0 Å². The maximum absolute atomic E-state index is 11.9. The second kappa shape index (κ2) is 9.50. The molecule has 146 valence electrons. The van der Waals surface area contributed by atoms with E-state index < -0.39 is 0 Å². The Morgan fingerprint density at radius 1 is 1.41 bits per heavy atom. The summed E-state index contributed by atoms with van der Waals surface area (Å²) in [6, 6.07) is 3.91. The van der Waals surface area contributed by atoms with Crippen LogP contribution < -0.4 is 0 Å². The molecular formula is C20H28N4O3. The minimum absolute atomic E-state index is 0.202. The molecule has 0 aliphatic carbocycles. The molecule has 1 fully saturated rings. The molecule has 1 amide bonds. The fraction of sp³-hybridized carbons (Fsp3) is 0.550. The average molecular weight is 372 g/mol. The number of aromatic nitrogens is 3. The maximum Gasteiger partial charge on any atom is 0.409 e. The van der Waals surface area contributed by atoms with Gasteiger partial charge in [-0.2, -0.15) is 0 Å². The molecule has 0 bridgehead atoms. The normalized spacial score (nSPS) is 15.2. The summed E-state index contributed by atoms with van der Waals surface area (Å²) in [5.74, 6) is 1.54. The van der Waals surface area contributed by atoms with Gasteiger partial charge in [-0.1, -0.05) is 6.08 Å². The third-order valence-electron chi connectivity index (χ3n) is 4.89. The van der Waals surface area contributed by atoms with Gasteiger partial charge in [-0.25, -0.2) is 14.8 Å². The third kappa shape index (κ3) is 4.86. The minimum atomic E-state index is -0.202. The van der Waals surface area contributed by atoms with E-state index in [2.05, 4.69) is 16.1 Å². The van der Waals surface area contributed by atoms with Gasteiger partial charge in [-0.05, 0) is 37.8 Å². The SMILES string of the molecule is C=CCOCCn1c(CC2CCN(C(=O)OCC)CC2)nc2cccnc21. The van der Waals surface area contributed by atoms with Crippen LogP contribution in [0.1, 0.15) is 25.6 Å². The lowest BCUT2D eigenvalue weighted by molar-refractivity contribution is 0.0914. The first-order valence-electron chi connectivity index (χ1n) is 9.63. The van der Waals surface area contributed by atoms with Crippen LogP contribution in [-0.2, 0) is 22.4 Å². The average Bonchev–Trinajstić information content (AvgIpc) is 3.03. The second-order valence-corrected chi connectivity index (χ2v) is 6.72. The molecule has 0 saturated carbocycles. The van der Waals surface area contributed by atoms with Crippen molar-refractivity contribution in [2.24, 2.45) is 5.92 Å². The van der Waals surface area contributed by atoms with Gasteiger partial charge in [0.25, 0.3) is 0 Å². The van der Waals surface area contributed by atoms with Gasteiger partial charge in [0.1, 0.15) is 11.3 Å². The molecule has 0 spiro atoms. The van der Waals surface area contributed by atoms with Crippen molar-refractivity contribution in [1.82, 2.24) is 19.4 Å². The number of nitrogens with zero attached hydrogens (tertiary/aromatic N) is 4. The summed E-state index contributed by atoms with van der Waals surface area (Å²) in [4.78, 5) is 23.0. The molecular weight excluding hydrogens is 344 g/mol. The van der Waals surface area contributed by atoms with Crippen LogP contribution in [0, 0.1) is 5.92 Å². The van der Waals surface area contributed by atoms with E-state index in [0.29, 0.717) is 25.7 Å². The Morgan fingerprint density at radius 3 is 2.96 bits per heavy atom. The number of rotatable bonds is 8. The van der Waals surface area contributed by atoms with Gasteiger partial charge in [-0.3, -0.25) is 0 Å². The Kier molecular flexibility index (Phi) is 6.81. The van der Waals surface area contributed by atoms with E-state index in [1.807, 2.05) is 19.1 Å². The van der Waals surface area contributed by atoms with Gasteiger partial charge < -0.3 is 18.9 Å². The molecule has 3 heterocycles. The number of hydrogen-bond donors (Lipinski definition) is 0. The van der Waals surface area contributed by atoms with E-state index in [0.717, 1.165) is 55.9 Å². The maximum atomic E-state index is 11.9. The predicted octanol–water partition coefficient (Wildman–Crippen LogP) is 3.04. The molecule has 7 heteroatoms. The van der Waals surface area contributed by atoms with Crippen LogP contribution in [0.15, 0.2) is 31.0 Å². The molecule has 27 heavy (non-hydrogen) atoms. The summed E-state index contributed by atoms with van der Waals surface area (Å²) in [5, 5.41) is 0. The van der Waals surface area contributed by atoms with Crippen LogP contribution in [0.25, 0.3) is 11.2 Å². The molecule has 3 rings (SSSR count). The highest BCUT2D eigenvalue weighted by Gasteiger charge is 2.25. The summed E-state index contributed by atoms with van der Waals surface area (Å²) in [6.45, 7) is 9.28. The Balaban J connectivity index is 1.66. The lowest BCUT2D eigenvalue weighted by atomic mass is 9.93. The fourth-order valence-electron chi connectivity index (χ4n) is 3.51. The van der Waals surface area contributed by atoms with Crippen molar-refractivity contribution < 1.29 is 14.3 Å². The topological polar surface area (TPSA) is 69.5 Å². The minimum Gasteiger partial charge on any atom is -0.450 e. The van der Waals surface area contributed by atoms with E-state index in [9.17, 15) is 4.79 Å². The van der Waals surface area contributed by atoms with Gasteiger partial charge in [0.2, 0.25) is 0 Å². The van der Waals surface area contributed by atoms with Crippen LogP contribution in [0.5, 0.6) is 0 Å². The van der Waals surface area contributed by atoms with Crippen molar-refractivity contribution in [2.45, 2.75) is 32.7 Å². The highest BCUT2D eigenvalue weighted by molar-refractivity contribution is 5.71. The summed E-state index contributed by atoms with van der Waals surface area (Å²) < 4.78 is 12.8. The predicted molar refractivity (Wildman–Crippen MR) is 104 cm³/mol. The van der Waals surface area contributed by atoms with Gasteiger partial charge in [0.05, 0.1) is 19.8 Å². The number of imidazole rings is 1. The number of carbonyl (C=O) groups is 1. The highest BCUT2D eigenvalue weighted by Crippen LogP contribution is 2.24. The summed E-state index contributed by atoms with van der Waals surface area (Å²) in [5.41, 5.74) is 1.82. The monoisotopic (exact) mass is 372 g/mol. The molecule has 2 aromatic rings. The number of likely N-dealkylation sites (tertiary alicyclic amines) is 1. The fourth-order valence-corrected chi connectivity index (χ4v) is 3.51. The quantitative estimate of drug-likeness (QED) is 0.526. The molecule has 0 aromatic carbocycles. The molecule has 1 saturated heterocycles. The van der Waals surface area contributed by atoms with E-state index in [-0.39, 0.29) is 6.09 Å². The first-order valence-corrected chi connectivity index (χ1v) is 9.63. The van der Waals surface area contributed by atoms with Crippen molar-refractivity contribution in [3.8, 4) is 0 Å². The van der Waals surface area contributed by atoms with Crippen LogP contribution >= 0.6 is 0 Å². The number of hydrogen-bond acceptors (Lipinski definition) is 5. The smallest absolute Gasteiger partial charge is 0.409 e. The van der Waals surface area contributed by atoms with Crippen molar-refractivity contribution in [3.63, 3.8) is 0 Å². The van der Waals surface area contributed by atoms with E-state index in [1.165, 1.54) is 0 Å². The summed E-state index contributed by atoms with van der Waals surface area (Å²) >= 11 is 0. The van der Waals surface area contributed by atoms with Gasteiger partial charge in [0, 0.05) is 32.3 Å². The molecule has 0 unspecified atom stereocenters. The Morgan fingerprint density at radius 2 is 2.22 bits per heavy atom. The first-order chi connectivity index (χ1) is 13.2. The van der Waals surface area contributed by atoms with Crippen LogP contribution in [0.3, 0.4) is 0 Å². The molecule has 1 aliphatic rings. The number of pyridine rings is 1. The molecule has 0 N–H and O–H groups in total. The zero-order valence-corrected chi connectivity index (χ0v) is 16.0. The Bertz CT molecular complexity index is 766. The zero-order valence-electron chi connectivity index (χ0n) is 16.0. The van der Waals surface area contributed by atoms with Crippen molar-refractivity contribution in [2.75, 3.05) is 32.9 Å². The lowest BCUT2D eigenvalue weighted by Crippen LogP contribution is -2.39. The lowest BCUT2D eigenvalue weighted by Gasteiger charge is -2.31. The number of carbonyl (C=O) groups excluding carboxylic acids is 1. The highest BCUT2D eigenvalue weighted by atomic mass is 16.6. The first kappa shape index (κ1) is 19.4. The van der Waals surface area contributed by atoms with Crippen molar-refractivity contribution >= 4 is 17.3 Å². The summed E-state index contributed by atoms with van der Waals surface area (Å²) in [6.07, 6.45) is 6.15. The van der Waals surface area contributed by atoms with Crippen molar-refractivity contribution in [1.29, 1.82) is 0 Å². The number of ether oxygens (including phenoxy) is 2. The number of fused-ring (bicyclic) bond motifs is 1. The van der Waals surface area contributed by atoms with Crippen LogP contribution in [-0.4, -0.2) is 58.4 Å². The third-order valence-corrected chi connectivity index (χ3v) is 4.89. The van der Waals surface area contributed by atoms with E-state index in [4.69, 9.17) is 14.5 Å². The second-order valence-electron chi connectivity index (χ2n) is 6.72. The Hall–Kier alpha value is -2.41. The van der Waals surface area contributed by atoms with E-state index in [1.54, 1.807) is 17.2 Å². The van der Waals surface area contributed by atoms with Gasteiger partial charge in [0.15, 0.2) is 5.65 Å². The molecule has 0 radical (unpaired) electrons. The van der Waals surface area contributed by atoms with Gasteiger partial charge >= 0.3 is 6.09 Å². The molecule has 0 atom stereocenters. The summed E-state index contributed by atoms with van der Waals surface area (Å²) in [7, 11) is 0. The number of piperidine rings is 1. The molecule has 7 nitrogen and oxygen atoms in total. The van der Waals surface area contributed by atoms with Crippen molar-refractivity contribution in [3.05, 3.63) is 36.8 Å². The van der Waals surface area contributed by atoms with Crippen LogP contribution in [0.4, 0.5) is 4.79 Å². The number of amides is 1. The van der Waals surface area contributed by atoms with Crippen LogP contribution in [0.2, 0.25) is 0 Å². The zero-order chi connectivity index (χ0) is 19.1. The largest absolute Gasteiger partial charge is 0.450 e. The Labute approximate surface area is 160 Å². The standard InChI is InChI=1S/C20H28N4O3/c1-3-13-26-14-12-24-18(22-17-6-5-9-21-19(17)24)15-16-7-10-23(11-8-16)20(25)27-4-2/h3,5-6,9,16H,1,4,7-8,10-15H2,2H3. The molecule has 1 aliphatic heterocycles. The molecule has 2 aromatic heterocycles.